The summed E-state index contributed by atoms with van der Waals surface area (Å²) in [6.45, 7) is -0.0131. The third-order valence-electron chi connectivity index (χ3n) is 2.69. The van der Waals surface area contributed by atoms with Crippen LogP contribution in [-0.2, 0) is 21.2 Å². The number of amides is 1. The number of nitrogen functional groups attached to an aromatic ring is 1. The zero-order chi connectivity index (χ0) is 13.2. The number of sulfone groups is 1. The van der Waals surface area contributed by atoms with Gasteiger partial charge in [-0.05, 0) is 12.8 Å². The van der Waals surface area contributed by atoms with E-state index < -0.39 is 9.84 Å². The molecular formula is C9H15N5O3S. The molecule has 2 heterocycles. The topological polar surface area (TPSA) is 120 Å². The number of nitrogens with two attached hydrogens (primary N) is 1. The number of carbonyl (C=O) groups excluding carboxylic acids is 1. The first-order chi connectivity index (χ1) is 8.44. The number of anilines is 1. The second-order valence-electron chi connectivity index (χ2n) is 4.32. The van der Waals surface area contributed by atoms with E-state index in [1.54, 1.807) is 0 Å². The predicted molar refractivity (Wildman–Crippen MR) is 64.3 cm³/mol. The fourth-order valence-corrected chi connectivity index (χ4v) is 3.58. The molecule has 1 fully saturated rings. The van der Waals surface area contributed by atoms with Crippen LogP contribution in [-0.4, -0.2) is 46.6 Å². The van der Waals surface area contributed by atoms with Crippen LogP contribution in [0.1, 0.15) is 12.8 Å². The predicted octanol–water partition coefficient (Wildman–Crippen LogP) is -1.45. The van der Waals surface area contributed by atoms with Gasteiger partial charge in [0.1, 0.15) is 12.9 Å². The molecule has 1 amide bonds. The van der Waals surface area contributed by atoms with Crippen LogP contribution in [0.3, 0.4) is 0 Å². The number of nitrogens with one attached hydrogen (secondary N) is 1. The van der Waals surface area contributed by atoms with Crippen molar-refractivity contribution in [3.63, 3.8) is 0 Å². The lowest BCUT2D eigenvalue weighted by Gasteiger charge is -2.22. The lowest BCUT2D eigenvalue weighted by molar-refractivity contribution is -0.122. The van der Waals surface area contributed by atoms with Gasteiger partial charge in [0.25, 0.3) is 0 Å². The fourth-order valence-electron chi connectivity index (χ4n) is 1.94. The monoisotopic (exact) mass is 273 g/mol. The SMILES string of the molecule is Nc1ncn(CC(=O)NC2CCCS(=O)(=O)C2)n1. The molecule has 1 saturated heterocycles. The number of aromatic nitrogens is 3. The highest BCUT2D eigenvalue weighted by molar-refractivity contribution is 7.91. The van der Waals surface area contributed by atoms with Crippen LogP contribution in [0.2, 0.25) is 0 Å². The summed E-state index contributed by atoms with van der Waals surface area (Å²) in [6.07, 6.45) is 2.63. The summed E-state index contributed by atoms with van der Waals surface area (Å²) in [5.74, 6) is 0.0297. The third kappa shape index (κ3) is 3.42. The zero-order valence-corrected chi connectivity index (χ0v) is 10.6. The maximum atomic E-state index is 11.7. The van der Waals surface area contributed by atoms with Crippen LogP contribution in [0.5, 0.6) is 0 Å². The van der Waals surface area contributed by atoms with Crippen molar-refractivity contribution in [3.8, 4) is 0 Å². The average Bonchev–Trinajstić information content (AvgIpc) is 2.62. The third-order valence-corrected chi connectivity index (χ3v) is 4.51. The van der Waals surface area contributed by atoms with E-state index in [9.17, 15) is 13.2 Å². The van der Waals surface area contributed by atoms with E-state index in [2.05, 4.69) is 15.4 Å². The Morgan fingerprint density at radius 1 is 1.61 bits per heavy atom. The van der Waals surface area contributed by atoms with Gasteiger partial charge < -0.3 is 11.1 Å². The molecule has 0 bridgehead atoms. The largest absolute Gasteiger partial charge is 0.367 e. The molecule has 0 aliphatic carbocycles. The molecule has 3 N–H and O–H groups in total. The van der Waals surface area contributed by atoms with E-state index in [0.717, 1.165) is 0 Å². The Balaban J connectivity index is 1.88. The highest BCUT2D eigenvalue weighted by Crippen LogP contribution is 2.11. The van der Waals surface area contributed by atoms with E-state index in [4.69, 9.17) is 5.73 Å². The van der Waals surface area contributed by atoms with Gasteiger partial charge in [0.2, 0.25) is 11.9 Å². The molecule has 8 nitrogen and oxygen atoms in total. The first kappa shape index (κ1) is 12.8. The molecule has 1 aliphatic rings. The summed E-state index contributed by atoms with van der Waals surface area (Å²) >= 11 is 0. The van der Waals surface area contributed by atoms with E-state index in [1.807, 2.05) is 0 Å². The molecule has 1 aromatic heterocycles. The van der Waals surface area contributed by atoms with Crippen molar-refractivity contribution in [2.75, 3.05) is 17.2 Å². The Morgan fingerprint density at radius 3 is 3.00 bits per heavy atom. The average molecular weight is 273 g/mol. The van der Waals surface area contributed by atoms with Crippen molar-refractivity contribution in [2.24, 2.45) is 0 Å². The Morgan fingerprint density at radius 2 is 2.39 bits per heavy atom. The zero-order valence-electron chi connectivity index (χ0n) is 9.74. The van der Waals surface area contributed by atoms with Gasteiger partial charge in [-0.15, -0.1) is 5.10 Å². The number of carbonyl (C=O) groups is 1. The Hall–Kier alpha value is -1.64. The minimum atomic E-state index is -3.02. The molecule has 0 radical (unpaired) electrons. The normalized spacial score (nSPS) is 22.6. The number of rotatable bonds is 3. The minimum Gasteiger partial charge on any atom is -0.367 e. The fraction of sp³-hybridized carbons (Fsp3) is 0.667. The van der Waals surface area contributed by atoms with Crippen LogP contribution in [0.25, 0.3) is 0 Å². The lowest BCUT2D eigenvalue weighted by Crippen LogP contribution is -2.44. The molecule has 18 heavy (non-hydrogen) atoms. The van der Waals surface area contributed by atoms with E-state index in [1.165, 1.54) is 11.0 Å². The summed E-state index contributed by atoms with van der Waals surface area (Å²) < 4.78 is 24.1. The Bertz CT molecular complexity index is 538. The number of hydrogen-bond acceptors (Lipinski definition) is 6. The number of nitrogens with zero attached hydrogens (tertiary/aromatic N) is 3. The van der Waals surface area contributed by atoms with Gasteiger partial charge in [-0.2, -0.15) is 0 Å². The van der Waals surface area contributed by atoms with Crippen LogP contribution < -0.4 is 11.1 Å². The van der Waals surface area contributed by atoms with E-state index >= 15 is 0 Å². The molecule has 1 aromatic rings. The van der Waals surface area contributed by atoms with Gasteiger partial charge in [0.05, 0.1) is 11.5 Å². The maximum absolute atomic E-state index is 11.7. The van der Waals surface area contributed by atoms with Crippen molar-refractivity contribution < 1.29 is 13.2 Å². The standard InChI is InChI=1S/C9H15N5O3S/c10-9-11-6-14(13-9)4-8(15)12-7-2-1-3-18(16,17)5-7/h6-7H,1-5H2,(H2,10,13)(H,12,15). The van der Waals surface area contributed by atoms with Crippen LogP contribution in [0, 0.1) is 0 Å². The second kappa shape index (κ2) is 4.92. The number of hydrogen-bond donors (Lipinski definition) is 2. The molecule has 2 rings (SSSR count). The molecule has 0 spiro atoms. The van der Waals surface area contributed by atoms with Crippen molar-refractivity contribution in [2.45, 2.75) is 25.4 Å². The smallest absolute Gasteiger partial charge is 0.242 e. The summed E-state index contributed by atoms with van der Waals surface area (Å²) in [5.41, 5.74) is 5.32. The summed E-state index contributed by atoms with van der Waals surface area (Å²) in [5, 5.41) is 6.46. The van der Waals surface area contributed by atoms with Crippen LogP contribution in [0.15, 0.2) is 6.33 Å². The van der Waals surface area contributed by atoms with Gasteiger partial charge in [-0.1, -0.05) is 0 Å². The summed E-state index contributed by atoms with van der Waals surface area (Å²) in [4.78, 5) is 15.4. The van der Waals surface area contributed by atoms with Crippen LogP contribution >= 0.6 is 0 Å². The summed E-state index contributed by atoms with van der Waals surface area (Å²) in [7, 11) is -3.02. The van der Waals surface area contributed by atoms with Crippen LogP contribution in [0.4, 0.5) is 5.95 Å². The lowest BCUT2D eigenvalue weighted by atomic mass is 10.2. The van der Waals surface area contributed by atoms with Gasteiger partial charge in [0, 0.05) is 6.04 Å². The highest BCUT2D eigenvalue weighted by atomic mass is 32.2. The quantitative estimate of drug-likeness (QED) is 0.695. The van der Waals surface area contributed by atoms with E-state index in [-0.39, 0.29) is 35.9 Å². The van der Waals surface area contributed by atoms with Crippen molar-refractivity contribution >= 4 is 21.7 Å². The minimum absolute atomic E-state index is 0.0121. The molecule has 1 aliphatic heterocycles. The van der Waals surface area contributed by atoms with Crippen molar-refractivity contribution in [1.29, 1.82) is 0 Å². The Kier molecular flexibility index (Phi) is 3.50. The van der Waals surface area contributed by atoms with Gasteiger partial charge in [0.15, 0.2) is 9.84 Å². The first-order valence-electron chi connectivity index (χ1n) is 5.59. The molecule has 0 aromatic carbocycles. The molecular weight excluding hydrogens is 258 g/mol. The van der Waals surface area contributed by atoms with Gasteiger partial charge in [-0.3, -0.25) is 4.79 Å². The van der Waals surface area contributed by atoms with E-state index in [0.29, 0.717) is 12.8 Å². The first-order valence-corrected chi connectivity index (χ1v) is 7.41. The molecule has 0 saturated carbocycles. The van der Waals surface area contributed by atoms with Crippen molar-refractivity contribution in [3.05, 3.63) is 6.33 Å². The maximum Gasteiger partial charge on any atom is 0.242 e. The molecule has 9 heteroatoms. The molecule has 100 valence electrons. The van der Waals surface area contributed by atoms with Gasteiger partial charge >= 0.3 is 0 Å². The molecule has 1 atom stereocenters. The Labute approximate surface area is 104 Å². The van der Waals surface area contributed by atoms with Crippen molar-refractivity contribution in [1.82, 2.24) is 20.1 Å². The second-order valence-corrected chi connectivity index (χ2v) is 6.55. The van der Waals surface area contributed by atoms with Gasteiger partial charge in [-0.25, -0.2) is 18.1 Å². The highest BCUT2D eigenvalue weighted by Gasteiger charge is 2.25. The summed E-state index contributed by atoms with van der Waals surface area (Å²) in [6, 6.07) is -0.308. The molecule has 1 unspecified atom stereocenters.